The van der Waals surface area contributed by atoms with Crippen LogP contribution in [0.1, 0.15) is 17.3 Å². The second kappa shape index (κ2) is 9.06. The van der Waals surface area contributed by atoms with Gasteiger partial charge in [0.25, 0.3) is 0 Å². The van der Waals surface area contributed by atoms with Gasteiger partial charge in [-0.2, -0.15) is 0 Å². The zero-order chi connectivity index (χ0) is 21.8. The highest BCUT2D eigenvalue weighted by molar-refractivity contribution is 6.30. The number of ketones is 1. The largest absolute Gasteiger partial charge is 0.494 e. The number of Topliss-reactive ketones (excluding diaryl/α,β-unsaturated/α-hetero) is 1. The normalized spacial score (nSPS) is 10.8. The number of halogens is 1. The van der Waals surface area contributed by atoms with E-state index in [-0.39, 0.29) is 29.3 Å². The third-order valence-electron chi connectivity index (χ3n) is 4.70. The first-order chi connectivity index (χ1) is 15.1. The molecule has 0 saturated heterocycles. The fraction of sp³-hybridized carbons (Fsp3) is 0.120. The molecule has 0 spiro atoms. The van der Waals surface area contributed by atoms with Crippen LogP contribution in [0, 0.1) is 0 Å². The predicted molar refractivity (Wildman–Crippen MR) is 120 cm³/mol. The third kappa shape index (κ3) is 4.47. The van der Waals surface area contributed by atoms with Crippen molar-refractivity contribution >= 4 is 28.4 Å². The Balaban J connectivity index is 1.68. The summed E-state index contributed by atoms with van der Waals surface area (Å²) in [6.45, 7) is 2.12. The lowest BCUT2D eigenvalue weighted by Crippen LogP contribution is -2.17. The summed E-state index contributed by atoms with van der Waals surface area (Å²) in [6.07, 6.45) is 0. The van der Waals surface area contributed by atoms with Gasteiger partial charge in [0.15, 0.2) is 18.2 Å². The van der Waals surface area contributed by atoms with Crippen molar-refractivity contribution < 1.29 is 18.7 Å². The minimum absolute atomic E-state index is 0.0136. The van der Waals surface area contributed by atoms with Crippen LogP contribution in [0.3, 0.4) is 0 Å². The van der Waals surface area contributed by atoms with Crippen LogP contribution in [-0.2, 0) is 0 Å². The van der Waals surface area contributed by atoms with Crippen molar-refractivity contribution in [2.24, 2.45) is 0 Å². The van der Waals surface area contributed by atoms with Crippen molar-refractivity contribution in [2.45, 2.75) is 6.92 Å². The Bertz CT molecular complexity index is 1270. The van der Waals surface area contributed by atoms with E-state index in [0.29, 0.717) is 39.5 Å². The molecular formula is C25H19ClO5. The molecule has 0 radical (unpaired) electrons. The Morgan fingerprint density at radius 1 is 0.935 bits per heavy atom. The molecule has 4 aromatic rings. The van der Waals surface area contributed by atoms with Crippen molar-refractivity contribution in [3.63, 3.8) is 0 Å². The number of rotatable bonds is 7. The Hall–Kier alpha value is -3.57. The molecule has 0 aliphatic heterocycles. The van der Waals surface area contributed by atoms with Crippen LogP contribution in [0.5, 0.6) is 11.5 Å². The molecule has 156 valence electrons. The predicted octanol–water partition coefficient (Wildman–Crippen LogP) is 5.77. The molecule has 4 rings (SSSR count). The molecule has 5 nitrogen and oxygen atoms in total. The zero-order valence-electron chi connectivity index (χ0n) is 16.8. The zero-order valence-corrected chi connectivity index (χ0v) is 17.5. The van der Waals surface area contributed by atoms with Gasteiger partial charge in [-0.1, -0.05) is 23.7 Å². The lowest BCUT2D eigenvalue weighted by molar-refractivity contribution is 0.0920. The maximum absolute atomic E-state index is 13.1. The summed E-state index contributed by atoms with van der Waals surface area (Å²) in [5.41, 5.74) is 1.17. The van der Waals surface area contributed by atoms with Crippen LogP contribution in [-0.4, -0.2) is 19.0 Å². The molecule has 0 unspecified atom stereocenters. The highest BCUT2D eigenvalue weighted by Crippen LogP contribution is 2.31. The van der Waals surface area contributed by atoms with E-state index >= 15 is 0 Å². The van der Waals surface area contributed by atoms with Crippen LogP contribution in [0.4, 0.5) is 0 Å². The van der Waals surface area contributed by atoms with Crippen molar-refractivity contribution in [3.05, 3.63) is 93.6 Å². The first kappa shape index (κ1) is 20.7. The Morgan fingerprint density at radius 3 is 2.35 bits per heavy atom. The molecule has 0 atom stereocenters. The van der Waals surface area contributed by atoms with E-state index in [9.17, 15) is 9.59 Å². The molecule has 0 fully saturated rings. The van der Waals surface area contributed by atoms with E-state index in [1.807, 2.05) is 6.92 Å². The average molecular weight is 435 g/mol. The fourth-order valence-corrected chi connectivity index (χ4v) is 3.30. The monoisotopic (exact) mass is 434 g/mol. The van der Waals surface area contributed by atoms with Gasteiger partial charge in [-0.05, 0) is 67.6 Å². The van der Waals surface area contributed by atoms with Gasteiger partial charge in [0.1, 0.15) is 11.3 Å². The fourth-order valence-electron chi connectivity index (χ4n) is 3.17. The molecule has 0 amide bonds. The first-order valence-corrected chi connectivity index (χ1v) is 10.1. The number of ether oxygens (including phenoxy) is 2. The van der Waals surface area contributed by atoms with E-state index in [1.165, 1.54) is 0 Å². The molecule has 6 heteroatoms. The van der Waals surface area contributed by atoms with Crippen LogP contribution >= 0.6 is 11.6 Å². The van der Waals surface area contributed by atoms with Crippen LogP contribution < -0.4 is 14.9 Å². The number of carbonyl (C=O) groups excluding carboxylic acids is 1. The summed E-state index contributed by atoms with van der Waals surface area (Å²) in [7, 11) is 0. The second-order valence-electron chi connectivity index (χ2n) is 6.76. The van der Waals surface area contributed by atoms with Crippen molar-refractivity contribution in [1.29, 1.82) is 0 Å². The summed E-state index contributed by atoms with van der Waals surface area (Å²) in [5, 5.41) is 0.934. The van der Waals surface area contributed by atoms with Crippen LogP contribution in [0.15, 0.2) is 82.0 Å². The van der Waals surface area contributed by atoms with E-state index in [2.05, 4.69) is 0 Å². The van der Waals surface area contributed by atoms with Crippen molar-refractivity contribution in [1.82, 2.24) is 0 Å². The highest BCUT2D eigenvalue weighted by Gasteiger charge is 2.19. The number of hydrogen-bond donors (Lipinski definition) is 0. The maximum Gasteiger partial charge on any atom is 0.235 e. The van der Waals surface area contributed by atoms with Gasteiger partial charge in [0.2, 0.25) is 11.2 Å². The van der Waals surface area contributed by atoms with Crippen LogP contribution in [0.2, 0.25) is 5.02 Å². The maximum atomic E-state index is 13.1. The number of hydrogen-bond acceptors (Lipinski definition) is 5. The molecule has 1 heterocycles. The topological polar surface area (TPSA) is 65.7 Å². The smallest absolute Gasteiger partial charge is 0.235 e. The van der Waals surface area contributed by atoms with E-state index in [0.717, 1.165) is 0 Å². The number of para-hydroxylation sites is 1. The molecule has 0 saturated carbocycles. The number of fused-ring (bicyclic) bond motifs is 1. The van der Waals surface area contributed by atoms with Gasteiger partial charge in [0.05, 0.1) is 12.0 Å². The third-order valence-corrected chi connectivity index (χ3v) is 4.95. The lowest BCUT2D eigenvalue weighted by Gasteiger charge is -2.12. The second-order valence-corrected chi connectivity index (χ2v) is 7.20. The summed E-state index contributed by atoms with van der Waals surface area (Å²) < 4.78 is 17.1. The number of benzene rings is 3. The molecule has 31 heavy (non-hydrogen) atoms. The van der Waals surface area contributed by atoms with Gasteiger partial charge in [0, 0.05) is 16.1 Å². The highest BCUT2D eigenvalue weighted by atomic mass is 35.5. The molecule has 0 aliphatic rings. The SMILES string of the molecule is CCOc1ccc(C(=O)COc2c(-c3ccc(Cl)cc3)oc3ccccc3c2=O)cc1. The van der Waals surface area contributed by atoms with Gasteiger partial charge >= 0.3 is 0 Å². The van der Waals surface area contributed by atoms with Gasteiger partial charge in [-0.3, -0.25) is 9.59 Å². The van der Waals surface area contributed by atoms with Crippen molar-refractivity contribution in [3.8, 4) is 22.8 Å². The Kier molecular flexibility index (Phi) is 6.05. The molecular weight excluding hydrogens is 416 g/mol. The van der Waals surface area contributed by atoms with Crippen LogP contribution in [0.25, 0.3) is 22.3 Å². The van der Waals surface area contributed by atoms with Crippen molar-refractivity contribution in [2.75, 3.05) is 13.2 Å². The summed E-state index contributed by atoms with van der Waals surface area (Å²) >= 11 is 5.99. The lowest BCUT2D eigenvalue weighted by atomic mass is 10.1. The molecule has 0 bridgehead atoms. The summed E-state index contributed by atoms with van der Waals surface area (Å²) in [6, 6.07) is 20.5. The minimum Gasteiger partial charge on any atom is -0.494 e. The number of carbonyl (C=O) groups is 1. The Labute approximate surface area is 183 Å². The molecule has 0 N–H and O–H groups in total. The molecule has 1 aromatic heterocycles. The van der Waals surface area contributed by atoms with Gasteiger partial charge in [-0.25, -0.2) is 0 Å². The van der Waals surface area contributed by atoms with E-state index < -0.39 is 0 Å². The quantitative estimate of drug-likeness (QED) is 0.345. The van der Waals surface area contributed by atoms with Gasteiger partial charge < -0.3 is 13.9 Å². The minimum atomic E-state index is -0.341. The summed E-state index contributed by atoms with van der Waals surface area (Å²) in [5.74, 6) is 0.651. The van der Waals surface area contributed by atoms with Gasteiger partial charge in [-0.15, -0.1) is 0 Å². The average Bonchev–Trinajstić information content (AvgIpc) is 2.79. The standard InChI is InChI=1S/C25H19ClO5/c1-2-29-19-13-9-16(10-14-19)21(27)15-30-25-23(28)20-5-3-4-6-22(20)31-24(25)17-7-11-18(26)12-8-17/h3-14H,2,15H2,1H3. The van der Waals surface area contributed by atoms with E-state index in [1.54, 1.807) is 72.8 Å². The first-order valence-electron chi connectivity index (χ1n) is 9.77. The Morgan fingerprint density at radius 2 is 1.65 bits per heavy atom. The van der Waals surface area contributed by atoms with E-state index in [4.69, 9.17) is 25.5 Å². The molecule has 3 aromatic carbocycles. The molecule has 0 aliphatic carbocycles. The summed E-state index contributed by atoms with van der Waals surface area (Å²) in [4.78, 5) is 25.8.